The van der Waals surface area contributed by atoms with Crippen LogP contribution in [-0.2, 0) is 0 Å². The second kappa shape index (κ2) is 11.2. The van der Waals surface area contributed by atoms with Gasteiger partial charge in [0, 0.05) is 61.5 Å². The van der Waals surface area contributed by atoms with E-state index in [1.54, 1.807) is 18.4 Å². The lowest BCUT2D eigenvalue weighted by molar-refractivity contribution is 0.0872. The number of nitrogens with zero attached hydrogens (tertiary/aromatic N) is 5. The zero-order chi connectivity index (χ0) is 28.8. The van der Waals surface area contributed by atoms with Crippen LogP contribution in [-0.4, -0.2) is 81.4 Å². The Hall–Kier alpha value is -3.73. The number of thiophene rings is 1. The number of anilines is 1. The summed E-state index contributed by atoms with van der Waals surface area (Å²) >= 11 is 1.58. The molecule has 1 aliphatic carbocycles. The lowest BCUT2D eigenvalue weighted by atomic mass is 9.84. The van der Waals surface area contributed by atoms with Gasteiger partial charge in [-0.25, -0.2) is 4.98 Å². The normalized spacial score (nSPS) is 20.4. The molecule has 0 unspecified atom stereocenters. The van der Waals surface area contributed by atoms with E-state index in [0.29, 0.717) is 29.1 Å². The molecule has 0 radical (unpaired) electrons. The van der Waals surface area contributed by atoms with Crippen LogP contribution in [0.15, 0.2) is 48.1 Å². The number of nitrogens with one attached hydrogen (secondary N) is 2. The first-order valence-corrected chi connectivity index (χ1v) is 15.7. The molecule has 2 aliphatic rings. The first-order valence-electron chi connectivity index (χ1n) is 14.8. The highest BCUT2D eigenvalue weighted by atomic mass is 32.1. The van der Waals surface area contributed by atoms with Gasteiger partial charge in [-0.15, -0.1) is 11.3 Å². The number of carbonyl (C=O) groups excluding carboxylic acids is 1. The summed E-state index contributed by atoms with van der Waals surface area (Å²) < 4.78 is 8.00. The summed E-state index contributed by atoms with van der Waals surface area (Å²) in [5.74, 6) is 1.91. The van der Waals surface area contributed by atoms with E-state index < -0.39 is 0 Å². The molecule has 0 atom stereocenters. The van der Waals surface area contributed by atoms with Gasteiger partial charge in [-0.05, 0) is 69.3 Å². The van der Waals surface area contributed by atoms with Crippen LogP contribution in [0.3, 0.4) is 0 Å². The molecule has 2 fully saturated rings. The van der Waals surface area contributed by atoms with Crippen LogP contribution in [0, 0.1) is 6.92 Å². The van der Waals surface area contributed by atoms with E-state index in [0.717, 1.165) is 64.4 Å². The molecule has 218 valence electrons. The standard InChI is InChI=1S/C32H37N7O2S/c1-20-29-28(22-6-9-25(27(19-22)41-3)34-31(40)26-18-23-10-17-42-32(23)35-26)36-30(39(29)12-11-33-20)21-4-7-24(8-5-21)38-15-13-37(2)14-16-38/h6,9-12,17-19,21,24,35H,4-5,7-8,13-16H2,1-3H3,(H,34,40). The molecule has 9 nitrogen and oxygen atoms in total. The number of aromatic amines is 1. The van der Waals surface area contributed by atoms with E-state index in [1.807, 2.05) is 55.0 Å². The Labute approximate surface area is 249 Å². The van der Waals surface area contributed by atoms with Gasteiger partial charge < -0.3 is 19.9 Å². The third kappa shape index (κ3) is 4.97. The highest BCUT2D eigenvalue weighted by Gasteiger charge is 2.31. The maximum absolute atomic E-state index is 13.0. The molecule has 5 heterocycles. The minimum atomic E-state index is -0.202. The number of hydrogen-bond acceptors (Lipinski definition) is 7. The molecule has 1 saturated heterocycles. The van der Waals surface area contributed by atoms with Gasteiger partial charge in [-0.2, -0.15) is 0 Å². The summed E-state index contributed by atoms with van der Waals surface area (Å²) in [7, 11) is 3.85. The molecular weight excluding hydrogens is 546 g/mol. The number of piperazine rings is 1. The Morgan fingerprint density at radius 3 is 2.67 bits per heavy atom. The predicted octanol–water partition coefficient (Wildman–Crippen LogP) is 5.78. The fraction of sp³-hybridized carbons (Fsp3) is 0.406. The molecule has 0 bridgehead atoms. The average molecular weight is 584 g/mol. The summed E-state index contributed by atoms with van der Waals surface area (Å²) in [6.45, 7) is 6.72. The van der Waals surface area contributed by atoms with Crippen LogP contribution < -0.4 is 10.1 Å². The van der Waals surface area contributed by atoms with E-state index in [-0.39, 0.29) is 5.91 Å². The maximum Gasteiger partial charge on any atom is 0.272 e. The third-order valence-corrected chi connectivity index (χ3v) is 9.94. The number of benzene rings is 1. The monoisotopic (exact) mass is 583 g/mol. The highest BCUT2D eigenvalue weighted by Crippen LogP contribution is 2.39. The second-order valence-corrected chi connectivity index (χ2v) is 12.6. The van der Waals surface area contributed by atoms with Crippen LogP contribution >= 0.6 is 11.3 Å². The number of hydrogen-bond donors (Lipinski definition) is 2. The molecule has 7 rings (SSSR count). The van der Waals surface area contributed by atoms with Gasteiger partial charge in [0.05, 0.1) is 29.7 Å². The van der Waals surface area contributed by atoms with Gasteiger partial charge in [0.1, 0.15) is 22.1 Å². The topological polar surface area (TPSA) is 90.8 Å². The summed E-state index contributed by atoms with van der Waals surface area (Å²) in [5.41, 5.74) is 4.95. The van der Waals surface area contributed by atoms with Crippen LogP contribution in [0.4, 0.5) is 5.69 Å². The van der Waals surface area contributed by atoms with Gasteiger partial charge in [-0.1, -0.05) is 6.07 Å². The summed E-state index contributed by atoms with van der Waals surface area (Å²) in [6.07, 6.45) is 8.63. The molecular formula is C32H37N7O2S. The average Bonchev–Trinajstić information content (AvgIpc) is 3.73. The molecule has 1 saturated carbocycles. The van der Waals surface area contributed by atoms with Gasteiger partial charge in [0.2, 0.25) is 0 Å². The number of aromatic nitrogens is 4. The first-order chi connectivity index (χ1) is 20.5. The molecule has 1 aromatic carbocycles. The molecule has 5 aromatic rings. The van der Waals surface area contributed by atoms with Gasteiger partial charge in [0.25, 0.3) is 5.91 Å². The minimum absolute atomic E-state index is 0.202. The number of aryl methyl sites for hydroxylation is 1. The molecule has 0 spiro atoms. The first kappa shape index (κ1) is 27.1. The van der Waals surface area contributed by atoms with Crippen molar-refractivity contribution < 1.29 is 9.53 Å². The molecule has 42 heavy (non-hydrogen) atoms. The van der Waals surface area contributed by atoms with Crippen molar-refractivity contribution in [1.29, 1.82) is 0 Å². The number of rotatable bonds is 6. The Balaban J connectivity index is 1.15. The lowest BCUT2D eigenvalue weighted by Gasteiger charge is -2.41. The van der Waals surface area contributed by atoms with Crippen LogP contribution in [0.25, 0.3) is 27.0 Å². The van der Waals surface area contributed by atoms with E-state index in [1.165, 1.54) is 25.9 Å². The molecule has 2 N–H and O–H groups in total. The van der Waals surface area contributed by atoms with Crippen molar-refractivity contribution in [3.05, 3.63) is 65.3 Å². The van der Waals surface area contributed by atoms with Crippen LogP contribution in [0.5, 0.6) is 5.75 Å². The summed E-state index contributed by atoms with van der Waals surface area (Å²) in [6, 6.07) is 10.4. The van der Waals surface area contributed by atoms with Crippen molar-refractivity contribution in [2.45, 2.75) is 44.6 Å². The molecule has 10 heteroatoms. The maximum atomic E-state index is 13.0. The number of carbonyl (C=O) groups is 1. The number of ether oxygens (including phenoxy) is 1. The number of fused-ring (bicyclic) bond motifs is 2. The number of methoxy groups -OCH3 is 1. The van der Waals surface area contributed by atoms with Crippen molar-refractivity contribution in [3.8, 4) is 17.0 Å². The van der Waals surface area contributed by atoms with Crippen molar-refractivity contribution in [2.24, 2.45) is 0 Å². The lowest BCUT2D eigenvalue weighted by Crippen LogP contribution is -2.49. The Kier molecular flexibility index (Phi) is 7.21. The fourth-order valence-electron chi connectivity index (χ4n) is 6.70. The zero-order valence-electron chi connectivity index (χ0n) is 24.4. The summed E-state index contributed by atoms with van der Waals surface area (Å²) in [4.78, 5) is 32.2. The van der Waals surface area contributed by atoms with Crippen molar-refractivity contribution in [1.82, 2.24) is 29.2 Å². The van der Waals surface area contributed by atoms with E-state index in [9.17, 15) is 4.79 Å². The van der Waals surface area contributed by atoms with Gasteiger partial charge >= 0.3 is 0 Å². The molecule has 1 amide bonds. The Morgan fingerprint density at radius 1 is 1.10 bits per heavy atom. The van der Waals surface area contributed by atoms with E-state index in [2.05, 4.69) is 36.5 Å². The fourth-order valence-corrected chi connectivity index (χ4v) is 7.48. The van der Waals surface area contributed by atoms with E-state index >= 15 is 0 Å². The number of likely N-dealkylation sites (N-methyl/N-ethyl adjacent to an activating group) is 1. The van der Waals surface area contributed by atoms with Crippen LogP contribution in [0.2, 0.25) is 0 Å². The van der Waals surface area contributed by atoms with Crippen LogP contribution in [0.1, 0.15) is 53.6 Å². The number of H-pyrrole nitrogens is 1. The predicted molar refractivity (Wildman–Crippen MR) is 168 cm³/mol. The number of amides is 1. The highest BCUT2D eigenvalue weighted by molar-refractivity contribution is 7.16. The Morgan fingerprint density at radius 2 is 1.90 bits per heavy atom. The van der Waals surface area contributed by atoms with Crippen molar-refractivity contribution in [2.75, 3.05) is 45.7 Å². The van der Waals surface area contributed by atoms with Gasteiger partial charge in [0.15, 0.2) is 0 Å². The van der Waals surface area contributed by atoms with Crippen molar-refractivity contribution >= 4 is 38.7 Å². The number of imidazole rings is 1. The quantitative estimate of drug-likeness (QED) is 0.263. The molecule has 4 aromatic heterocycles. The van der Waals surface area contributed by atoms with E-state index in [4.69, 9.17) is 9.72 Å². The molecule has 1 aliphatic heterocycles. The van der Waals surface area contributed by atoms with Crippen molar-refractivity contribution in [3.63, 3.8) is 0 Å². The van der Waals surface area contributed by atoms with Gasteiger partial charge in [-0.3, -0.25) is 19.1 Å². The zero-order valence-corrected chi connectivity index (χ0v) is 25.2. The Bertz CT molecular complexity index is 1710. The smallest absolute Gasteiger partial charge is 0.272 e. The third-order valence-electron chi connectivity index (χ3n) is 9.09. The SMILES string of the molecule is COc1cc(-c2nc(C3CCC(N4CCN(C)CC4)CC3)n3ccnc(C)c23)ccc1NC(=O)c1cc2ccsc2[nH]1. The second-order valence-electron chi connectivity index (χ2n) is 11.7. The summed E-state index contributed by atoms with van der Waals surface area (Å²) in [5, 5.41) is 6.05. The minimum Gasteiger partial charge on any atom is -0.495 e. The largest absolute Gasteiger partial charge is 0.495 e.